The van der Waals surface area contributed by atoms with Crippen molar-refractivity contribution in [1.82, 2.24) is 19.5 Å². The third kappa shape index (κ3) is 3.77. The number of fused-ring (bicyclic) bond motifs is 1. The first kappa shape index (κ1) is 21.3. The van der Waals surface area contributed by atoms with E-state index in [2.05, 4.69) is 10.2 Å². The summed E-state index contributed by atoms with van der Waals surface area (Å²) in [7, 11) is 0. The van der Waals surface area contributed by atoms with Crippen LogP contribution in [0.15, 0.2) is 36.5 Å². The molecule has 0 N–H and O–H groups in total. The van der Waals surface area contributed by atoms with E-state index in [0.717, 1.165) is 12.8 Å². The molecule has 32 heavy (non-hydrogen) atoms. The Hall–Kier alpha value is -2.52. The van der Waals surface area contributed by atoms with E-state index in [0.29, 0.717) is 36.9 Å². The first-order valence-electron chi connectivity index (χ1n) is 10.8. The van der Waals surface area contributed by atoms with E-state index >= 15 is 0 Å². The molecule has 1 aliphatic carbocycles. The molecule has 3 heterocycles. The summed E-state index contributed by atoms with van der Waals surface area (Å²) in [5.74, 6) is 0.632. The van der Waals surface area contributed by atoms with Crippen molar-refractivity contribution in [2.24, 2.45) is 5.92 Å². The number of morpholine rings is 1. The maximum absolute atomic E-state index is 14.6. The summed E-state index contributed by atoms with van der Waals surface area (Å²) in [6.45, 7) is 2.73. The molecule has 0 amide bonds. The number of alkyl halides is 3. The largest absolute Gasteiger partial charge is 0.420 e. The van der Waals surface area contributed by atoms with Crippen molar-refractivity contribution in [2.45, 2.75) is 44.4 Å². The van der Waals surface area contributed by atoms with Crippen LogP contribution in [-0.2, 0) is 29.4 Å². The number of hydrogen-bond acceptors (Lipinski definition) is 4. The number of benzene rings is 1. The van der Waals surface area contributed by atoms with E-state index < -0.39 is 23.1 Å². The highest BCUT2D eigenvalue weighted by atomic mass is 19.4. The number of hydrogen-bond donors (Lipinski definition) is 0. The van der Waals surface area contributed by atoms with Crippen molar-refractivity contribution in [3.05, 3.63) is 64.9 Å². The second kappa shape index (κ2) is 7.81. The van der Waals surface area contributed by atoms with Gasteiger partial charge in [0, 0.05) is 31.3 Å². The predicted octanol–water partition coefficient (Wildman–Crippen LogP) is 4.59. The van der Waals surface area contributed by atoms with Crippen molar-refractivity contribution in [1.29, 1.82) is 0 Å². The Bertz CT molecular complexity index is 1140. The summed E-state index contributed by atoms with van der Waals surface area (Å²) in [4.78, 5) is 1.86. The molecule has 3 aromatic rings. The van der Waals surface area contributed by atoms with Gasteiger partial charge >= 0.3 is 6.18 Å². The van der Waals surface area contributed by atoms with Gasteiger partial charge in [-0.3, -0.25) is 9.30 Å². The van der Waals surface area contributed by atoms with Crippen molar-refractivity contribution in [3.63, 3.8) is 0 Å². The molecule has 9 heteroatoms. The topological polar surface area (TPSA) is 42.7 Å². The third-order valence-electron chi connectivity index (χ3n) is 6.59. The zero-order chi connectivity index (χ0) is 22.5. The summed E-state index contributed by atoms with van der Waals surface area (Å²) in [6, 6.07) is 7.83. The summed E-state index contributed by atoms with van der Waals surface area (Å²) < 4.78 is 64.4. The second-order valence-corrected chi connectivity index (χ2v) is 8.90. The Labute approximate surface area is 183 Å². The van der Waals surface area contributed by atoms with Crippen molar-refractivity contribution in [3.8, 4) is 0 Å². The van der Waals surface area contributed by atoms with Crippen molar-refractivity contribution < 1.29 is 22.3 Å². The number of ether oxygens (including phenoxy) is 1. The maximum atomic E-state index is 14.6. The Morgan fingerprint density at radius 2 is 1.94 bits per heavy atom. The quantitative estimate of drug-likeness (QED) is 0.536. The fraction of sp³-hybridized carbons (Fsp3) is 0.478. The van der Waals surface area contributed by atoms with Gasteiger partial charge in [0.05, 0.1) is 18.8 Å². The van der Waals surface area contributed by atoms with Crippen LogP contribution < -0.4 is 0 Å². The van der Waals surface area contributed by atoms with Gasteiger partial charge < -0.3 is 4.74 Å². The van der Waals surface area contributed by atoms with Crippen molar-refractivity contribution in [2.75, 3.05) is 19.8 Å². The molecule has 170 valence electrons. The Morgan fingerprint density at radius 3 is 2.66 bits per heavy atom. The van der Waals surface area contributed by atoms with Crippen LogP contribution in [0, 0.1) is 11.7 Å². The van der Waals surface area contributed by atoms with E-state index in [4.69, 9.17) is 4.74 Å². The lowest BCUT2D eigenvalue weighted by Crippen LogP contribution is -2.52. The van der Waals surface area contributed by atoms with E-state index in [1.807, 2.05) is 4.90 Å². The van der Waals surface area contributed by atoms with E-state index in [1.165, 1.54) is 16.5 Å². The van der Waals surface area contributed by atoms with Gasteiger partial charge in [0.15, 0.2) is 5.65 Å². The molecule has 0 spiro atoms. The summed E-state index contributed by atoms with van der Waals surface area (Å²) in [6.07, 6.45) is -0.191. The molecular weight excluding hydrogens is 424 g/mol. The highest BCUT2D eigenvalue weighted by Gasteiger charge is 2.42. The van der Waals surface area contributed by atoms with Crippen LogP contribution in [0.2, 0.25) is 0 Å². The zero-order valence-corrected chi connectivity index (χ0v) is 17.7. The average molecular weight is 448 g/mol. The molecule has 0 radical (unpaired) electrons. The van der Waals surface area contributed by atoms with Crippen LogP contribution in [0.4, 0.5) is 17.6 Å². The lowest BCUT2D eigenvalue weighted by Gasteiger charge is -2.45. The van der Waals surface area contributed by atoms with Gasteiger partial charge in [0.1, 0.15) is 17.2 Å². The Morgan fingerprint density at radius 1 is 1.16 bits per heavy atom. The summed E-state index contributed by atoms with van der Waals surface area (Å²) in [5.41, 5.74) is -1.35. The van der Waals surface area contributed by atoms with Crippen molar-refractivity contribution >= 4 is 5.65 Å². The van der Waals surface area contributed by atoms with Crippen LogP contribution in [0.3, 0.4) is 0 Å². The summed E-state index contributed by atoms with van der Waals surface area (Å²) >= 11 is 0. The second-order valence-electron chi connectivity index (χ2n) is 8.90. The first-order valence-corrected chi connectivity index (χ1v) is 10.8. The molecule has 1 aromatic carbocycles. The Kier molecular flexibility index (Phi) is 5.21. The minimum atomic E-state index is -4.59. The van der Waals surface area contributed by atoms with Crippen LogP contribution in [-0.4, -0.2) is 39.3 Å². The SMILES string of the molecule is C[C@]1(c2ccccc2F)COCCN1Cc1ccn2c(CC3CC3)nnc2c1C(F)(F)F. The number of rotatable bonds is 5. The minimum Gasteiger partial charge on any atom is -0.378 e. The fourth-order valence-corrected chi connectivity index (χ4v) is 4.59. The zero-order valence-electron chi connectivity index (χ0n) is 17.7. The number of halogens is 4. The predicted molar refractivity (Wildman–Crippen MR) is 109 cm³/mol. The lowest BCUT2D eigenvalue weighted by atomic mass is 9.88. The fourth-order valence-electron chi connectivity index (χ4n) is 4.59. The molecular formula is C23H24F4N4O. The molecule has 1 aliphatic heterocycles. The molecule has 1 saturated carbocycles. The minimum absolute atomic E-state index is 0.00957. The van der Waals surface area contributed by atoms with Crippen LogP contribution >= 0.6 is 0 Å². The highest BCUT2D eigenvalue weighted by Crippen LogP contribution is 2.39. The molecule has 0 unspecified atom stereocenters. The van der Waals surface area contributed by atoms with Crippen LogP contribution in [0.25, 0.3) is 5.65 Å². The highest BCUT2D eigenvalue weighted by molar-refractivity contribution is 5.54. The normalized spacial score (nSPS) is 22.5. The number of pyridine rings is 1. The average Bonchev–Trinajstić information content (AvgIpc) is 3.47. The molecule has 2 aliphatic rings. The van der Waals surface area contributed by atoms with Gasteiger partial charge in [-0.05, 0) is 43.4 Å². The molecule has 1 saturated heterocycles. The molecule has 5 rings (SSSR count). The number of nitrogens with zero attached hydrogens (tertiary/aromatic N) is 4. The van der Waals surface area contributed by atoms with Crippen LogP contribution in [0.1, 0.15) is 42.3 Å². The molecule has 5 nitrogen and oxygen atoms in total. The number of aromatic nitrogens is 3. The first-order chi connectivity index (χ1) is 15.3. The smallest absolute Gasteiger partial charge is 0.378 e. The monoisotopic (exact) mass is 448 g/mol. The third-order valence-corrected chi connectivity index (χ3v) is 6.59. The van der Waals surface area contributed by atoms with Gasteiger partial charge in [-0.1, -0.05) is 18.2 Å². The van der Waals surface area contributed by atoms with E-state index in [9.17, 15) is 17.6 Å². The Balaban J connectivity index is 1.55. The summed E-state index contributed by atoms with van der Waals surface area (Å²) in [5, 5.41) is 7.97. The maximum Gasteiger partial charge on any atom is 0.420 e. The van der Waals surface area contributed by atoms with Gasteiger partial charge in [-0.2, -0.15) is 13.2 Å². The molecule has 0 bridgehead atoms. The van der Waals surface area contributed by atoms with Gasteiger partial charge in [0.25, 0.3) is 0 Å². The standard InChI is InChI=1S/C23H24F4N4O/c1-22(17-4-2-3-5-18(17)24)14-32-11-10-30(22)13-16-8-9-31-19(12-15-6-7-15)28-29-21(31)20(16)23(25,26)27/h2-5,8-9,15H,6-7,10-14H2,1H3/t22-/m1/s1. The van der Waals surface area contributed by atoms with Gasteiger partial charge in [-0.25, -0.2) is 4.39 Å². The van der Waals surface area contributed by atoms with Gasteiger partial charge in [-0.15, -0.1) is 10.2 Å². The van der Waals surface area contributed by atoms with E-state index in [-0.39, 0.29) is 24.4 Å². The lowest BCUT2D eigenvalue weighted by molar-refractivity contribution is -0.138. The molecule has 2 aromatic heterocycles. The molecule has 2 fully saturated rings. The van der Waals surface area contributed by atoms with Crippen LogP contribution in [0.5, 0.6) is 0 Å². The van der Waals surface area contributed by atoms with E-state index in [1.54, 1.807) is 31.3 Å². The molecule has 1 atom stereocenters. The van der Waals surface area contributed by atoms with Gasteiger partial charge in [0.2, 0.25) is 0 Å².